The van der Waals surface area contributed by atoms with Crippen molar-refractivity contribution in [1.82, 2.24) is 4.90 Å². The summed E-state index contributed by atoms with van der Waals surface area (Å²) in [6, 6.07) is 0. The second-order valence-corrected chi connectivity index (χ2v) is 6.90. The lowest BCUT2D eigenvalue weighted by atomic mass is 9.70. The van der Waals surface area contributed by atoms with Crippen LogP contribution in [0.15, 0.2) is 0 Å². The van der Waals surface area contributed by atoms with Gasteiger partial charge in [0.25, 0.3) is 0 Å². The fourth-order valence-electron chi connectivity index (χ4n) is 3.00. The summed E-state index contributed by atoms with van der Waals surface area (Å²) >= 11 is 0. The summed E-state index contributed by atoms with van der Waals surface area (Å²) in [4.78, 5) is 38.2. The molecule has 0 aromatic rings. The Morgan fingerprint density at radius 1 is 1.04 bits per heavy atom. The molecule has 0 aromatic heterocycles. The molecule has 1 heterocycles. The van der Waals surface area contributed by atoms with Gasteiger partial charge in [-0.1, -0.05) is 0 Å². The molecule has 8 heteroatoms. The predicted octanol–water partition coefficient (Wildman–Crippen LogP) is 0.925. The van der Waals surface area contributed by atoms with E-state index in [1.165, 1.54) is 14.2 Å². The molecular formula is C16H28N2O6. The lowest BCUT2D eigenvalue weighted by Gasteiger charge is -2.40. The van der Waals surface area contributed by atoms with Crippen molar-refractivity contribution in [3.8, 4) is 0 Å². The quantitative estimate of drug-likeness (QED) is 0.459. The molecule has 8 nitrogen and oxygen atoms in total. The largest absolute Gasteiger partial charge is 0.468 e. The SMILES string of the molecule is COC(=O)C(CN)(C(=O)OC)C1CCN(C(=O)OC(C)(C)C)CC1. The third-order valence-corrected chi connectivity index (χ3v) is 4.26. The Hall–Kier alpha value is -1.83. The van der Waals surface area contributed by atoms with E-state index in [9.17, 15) is 14.4 Å². The number of methoxy groups -OCH3 is 2. The van der Waals surface area contributed by atoms with Crippen LogP contribution >= 0.6 is 0 Å². The van der Waals surface area contributed by atoms with E-state index >= 15 is 0 Å². The summed E-state index contributed by atoms with van der Waals surface area (Å²) in [7, 11) is 2.43. The number of hydrogen-bond acceptors (Lipinski definition) is 7. The number of carbonyl (C=O) groups excluding carboxylic acids is 3. The van der Waals surface area contributed by atoms with Crippen LogP contribution in [0.4, 0.5) is 4.79 Å². The number of hydrogen-bond donors (Lipinski definition) is 1. The predicted molar refractivity (Wildman–Crippen MR) is 86.1 cm³/mol. The van der Waals surface area contributed by atoms with Crippen molar-refractivity contribution in [2.45, 2.75) is 39.2 Å². The minimum atomic E-state index is -1.54. The van der Waals surface area contributed by atoms with Gasteiger partial charge < -0.3 is 24.8 Å². The van der Waals surface area contributed by atoms with Crippen LogP contribution in [0.3, 0.4) is 0 Å². The normalized spacial score (nSPS) is 16.5. The van der Waals surface area contributed by atoms with E-state index in [4.69, 9.17) is 19.9 Å². The Morgan fingerprint density at radius 3 is 1.83 bits per heavy atom. The van der Waals surface area contributed by atoms with Gasteiger partial charge in [-0.3, -0.25) is 9.59 Å². The summed E-state index contributed by atoms with van der Waals surface area (Å²) < 4.78 is 14.9. The van der Waals surface area contributed by atoms with Crippen molar-refractivity contribution in [2.24, 2.45) is 17.1 Å². The number of amides is 1. The number of nitrogens with zero attached hydrogens (tertiary/aromatic N) is 1. The number of likely N-dealkylation sites (tertiary alicyclic amines) is 1. The van der Waals surface area contributed by atoms with Crippen molar-refractivity contribution in [2.75, 3.05) is 33.9 Å². The maximum atomic E-state index is 12.3. The van der Waals surface area contributed by atoms with Gasteiger partial charge in [-0.25, -0.2) is 4.79 Å². The molecule has 0 unspecified atom stereocenters. The lowest BCUT2D eigenvalue weighted by molar-refractivity contribution is -0.174. The van der Waals surface area contributed by atoms with Crippen LogP contribution in [0.2, 0.25) is 0 Å². The molecule has 2 N–H and O–H groups in total. The Balaban J connectivity index is 2.87. The standard InChI is InChI=1S/C16H28N2O6/c1-15(2,3)24-14(21)18-8-6-11(7-9-18)16(10-17,12(19)22-4)13(20)23-5/h11H,6-10,17H2,1-5H3. The van der Waals surface area contributed by atoms with E-state index in [1.807, 2.05) is 0 Å². The number of nitrogens with two attached hydrogens (primary N) is 1. The third-order valence-electron chi connectivity index (χ3n) is 4.26. The molecule has 0 spiro atoms. The Bertz CT molecular complexity index is 461. The minimum Gasteiger partial charge on any atom is -0.468 e. The summed E-state index contributed by atoms with van der Waals surface area (Å²) in [5, 5.41) is 0. The number of ether oxygens (including phenoxy) is 3. The average Bonchev–Trinajstić information content (AvgIpc) is 2.54. The van der Waals surface area contributed by atoms with E-state index in [-0.39, 0.29) is 12.5 Å². The smallest absolute Gasteiger partial charge is 0.410 e. The zero-order chi connectivity index (χ0) is 18.5. The van der Waals surface area contributed by atoms with Crippen LogP contribution in [0.1, 0.15) is 33.6 Å². The van der Waals surface area contributed by atoms with Gasteiger partial charge in [0.15, 0.2) is 5.41 Å². The maximum absolute atomic E-state index is 12.3. The maximum Gasteiger partial charge on any atom is 0.410 e. The molecule has 1 fully saturated rings. The van der Waals surface area contributed by atoms with Crippen LogP contribution in [0, 0.1) is 11.3 Å². The van der Waals surface area contributed by atoms with Crippen LogP contribution in [-0.4, -0.2) is 62.4 Å². The summed E-state index contributed by atoms with van der Waals surface area (Å²) in [5.74, 6) is -1.76. The molecule has 1 aliphatic heterocycles. The van der Waals surface area contributed by atoms with Gasteiger partial charge in [0.1, 0.15) is 5.60 Å². The Kier molecular flexibility index (Phi) is 6.59. The van der Waals surface area contributed by atoms with Gasteiger partial charge in [-0.2, -0.15) is 0 Å². The van der Waals surface area contributed by atoms with E-state index in [0.29, 0.717) is 25.9 Å². The van der Waals surface area contributed by atoms with Crippen molar-refractivity contribution in [1.29, 1.82) is 0 Å². The first-order valence-electron chi connectivity index (χ1n) is 7.97. The average molecular weight is 344 g/mol. The Morgan fingerprint density at radius 2 is 1.50 bits per heavy atom. The zero-order valence-corrected chi connectivity index (χ0v) is 15.1. The van der Waals surface area contributed by atoms with E-state index in [1.54, 1.807) is 25.7 Å². The topological polar surface area (TPSA) is 108 Å². The molecule has 1 saturated heterocycles. The first-order valence-corrected chi connectivity index (χ1v) is 7.97. The fourth-order valence-corrected chi connectivity index (χ4v) is 3.00. The molecule has 1 amide bonds. The van der Waals surface area contributed by atoms with Gasteiger partial charge in [-0.05, 0) is 39.5 Å². The molecule has 0 saturated carbocycles. The number of piperidine rings is 1. The highest BCUT2D eigenvalue weighted by molar-refractivity contribution is 6.00. The first kappa shape index (κ1) is 20.2. The molecule has 1 aliphatic rings. The van der Waals surface area contributed by atoms with Gasteiger partial charge in [0.05, 0.1) is 14.2 Å². The van der Waals surface area contributed by atoms with Crippen molar-refractivity contribution >= 4 is 18.0 Å². The van der Waals surface area contributed by atoms with Gasteiger partial charge >= 0.3 is 18.0 Å². The lowest BCUT2D eigenvalue weighted by Crippen LogP contribution is -2.55. The first-order chi connectivity index (χ1) is 11.1. The van der Waals surface area contributed by atoms with Crippen LogP contribution < -0.4 is 5.73 Å². The highest BCUT2D eigenvalue weighted by atomic mass is 16.6. The number of esters is 2. The molecule has 1 rings (SSSR count). The molecule has 0 radical (unpaired) electrons. The third kappa shape index (κ3) is 4.17. The molecule has 0 aromatic carbocycles. The van der Waals surface area contributed by atoms with Crippen molar-refractivity contribution < 1.29 is 28.6 Å². The second kappa shape index (κ2) is 7.83. The highest BCUT2D eigenvalue weighted by Crippen LogP contribution is 2.37. The van der Waals surface area contributed by atoms with Gasteiger partial charge in [0.2, 0.25) is 0 Å². The van der Waals surface area contributed by atoms with E-state index < -0.39 is 29.0 Å². The molecule has 138 valence electrons. The van der Waals surface area contributed by atoms with Crippen molar-refractivity contribution in [3.63, 3.8) is 0 Å². The molecule has 24 heavy (non-hydrogen) atoms. The second-order valence-electron chi connectivity index (χ2n) is 6.90. The molecule has 0 aliphatic carbocycles. The zero-order valence-electron chi connectivity index (χ0n) is 15.1. The minimum absolute atomic E-state index is 0.205. The van der Waals surface area contributed by atoms with Gasteiger partial charge in [0, 0.05) is 19.6 Å². The van der Waals surface area contributed by atoms with E-state index in [2.05, 4.69) is 0 Å². The monoisotopic (exact) mass is 344 g/mol. The Labute approximate surface area is 142 Å². The van der Waals surface area contributed by atoms with Crippen LogP contribution in [0.5, 0.6) is 0 Å². The fraction of sp³-hybridized carbons (Fsp3) is 0.812. The molecule has 0 atom stereocenters. The highest BCUT2D eigenvalue weighted by Gasteiger charge is 2.54. The molecule has 0 bridgehead atoms. The van der Waals surface area contributed by atoms with E-state index in [0.717, 1.165) is 0 Å². The summed E-state index contributed by atoms with van der Waals surface area (Å²) in [6.45, 7) is 5.93. The van der Waals surface area contributed by atoms with Crippen LogP contribution in [-0.2, 0) is 23.8 Å². The van der Waals surface area contributed by atoms with Crippen molar-refractivity contribution in [3.05, 3.63) is 0 Å². The summed E-state index contributed by atoms with van der Waals surface area (Å²) in [5.41, 5.74) is 3.65. The number of carbonyl (C=O) groups is 3. The van der Waals surface area contributed by atoms with Crippen LogP contribution in [0.25, 0.3) is 0 Å². The number of rotatable bonds is 4. The summed E-state index contributed by atoms with van der Waals surface area (Å²) in [6.07, 6.45) is 0.455. The molecular weight excluding hydrogens is 316 g/mol. The van der Waals surface area contributed by atoms with Gasteiger partial charge in [-0.15, -0.1) is 0 Å².